The van der Waals surface area contributed by atoms with E-state index in [4.69, 9.17) is 14.2 Å². The number of hydrogen-bond donors (Lipinski definition) is 1. The van der Waals surface area contributed by atoms with Crippen molar-refractivity contribution in [3.05, 3.63) is 161 Å². The van der Waals surface area contributed by atoms with Crippen LogP contribution in [-0.2, 0) is 10.3 Å². The molecule has 0 radical (unpaired) electrons. The smallest absolute Gasteiger partial charge is 0.335 e. The fourth-order valence-electron chi connectivity index (χ4n) is 5.60. The van der Waals surface area contributed by atoms with Crippen LogP contribution in [0.1, 0.15) is 50.8 Å². The monoisotopic (exact) mass is 613 g/mol. The Labute approximate surface area is 268 Å². The van der Waals surface area contributed by atoms with E-state index >= 15 is 0 Å². The zero-order chi connectivity index (χ0) is 31.9. The standard InChI is InChI=1S/C39H35NO6/c1-28(27-44-39(31-12-5-2-6-13-31,32-14-7-3-8-15-32)33-16-9-4-10-17-33)45-35-24-30(38(42)43)25-36(26-35)46-34-20-18-29(19-21-34)37(41)40-22-11-23-40/h2-10,12-21,24-26,28H,11,22-23,27H2,1H3,(H,42,43)/t28-/m0/s1. The lowest BCUT2D eigenvalue weighted by molar-refractivity contribution is -0.0257. The predicted octanol–water partition coefficient (Wildman–Crippen LogP) is 7.80. The third kappa shape index (κ3) is 6.65. The molecule has 1 atom stereocenters. The fraction of sp³-hybridized carbons (Fsp3) is 0.179. The number of carbonyl (C=O) groups excluding carboxylic acids is 1. The van der Waals surface area contributed by atoms with E-state index < -0.39 is 17.7 Å². The topological polar surface area (TPSA) is 85.3 Å². The molecule has 1 heterocycles. The highest BCUT2D eigenvalue weighted by Gasteiger charge is 2.38. The first-order valence-corrected chi connectivity index (χ1v) is 15.3. The van der Waals surface area contributed by atoms with Crippen molar-refractivity contribution < 1.29 is 28.9 Å². The highest BCUT2D eigenvalue weighted by atomic mass is 16.5. The summed E-state index contributed by atoms with van der Waals surface area (Å²) in [5.41, 5.74) is 2.61. The van der Waals surface area contributed by atoms with Crippen LogP contribution >= 0.6 is 0 Å². The molecule has 7 nitrogen and oxygen atoms in total. The zero-order valence-corrected chi connectivity index (χ0v) is 25.5. The Balaban J connectivity index is 1.23. The average molecular weight is 614 g/mol. The molecule has 1 aliphatic rings. The number of carboxylic acid groups (broad SMARTS) is 1. The van der Waals surface area contributed by atoms with E-state index in [0.717, 1.165) is 36.2 Å². The van der Waals surface area contributed by atoms with Gasteiger partial charge in [0.15, 0.2) is 0 Å². The van der Waals surface area contributed by atoms with Gasteiger partial charge in [-0.25, -0.2) is 4.79 Å². The highest BCUT2D eigenvalue weighted by molar-refractivity contribution is 5.94. The van der Waals surface area contributed by atoms with Crippen molar-refractivity contribution in [1.29, 1.82) is 0 Å². The van der Waals surface area contributed by atoms with Gasteiger partial charge in [0.25, 0.3) is 5.91 Å². The molecule has 7 heteroatoms. The molecule has 1 N–H and O–H groups in total. The van der Waals surface area contributed by atoms with Gasteiger partial charge in [0.05, 0.1) is 12.2 Å². The van der Waals surface area contributed by atoms with Gasteiger partial charge in [-0.3, -0.25) is 4.79 Å². The zero-order valence-electron chi connectivity index (χ0n) is 25.5. The van der Waals surface area contributed by atoms with E-state index in [1.54, 1.807) is 35.2 Å². The predicted molar refractivity (Wildman–Crippen MR) is 176 cm³/mol. The van der Waals surface area contributed by atoms with Crippen LogP contribution in [0.3, 0.4) is 0 Å². The first-order chi connectivity index (χ1) is 22.4. The molecular formula is C39H35NO6. The summed E-state index contributed by atoms with van der Waals surface area (Å²) in [6, 6.07) is 41.6. The Bertz CT molecular complexity index is 1670. The lowest BCUT2D eigenvalue weighted by Gasteiger charge is -2.36. The minimum absolute atomic E-state index is 0.00613. The number of ether oxygens (including phenoxy) is 3. The van der Waals surface area contributed by atoms with E-state index in [-0.39, 0.29) is 18.1 Å². The van der Waals surface area contributed by atoms with Gasteiger partial charge in [-0.1, -0.05) is 91.0 Å². The Morgan fingerprint density at radius 2 is 1.22 bits per heavy atom. The molecule has 1 amide bonds. The maximum absolute atomic E-state index is 12.5. The number of carboxylic acids is 1. The van der Waals surface area contributed by atoms with E-state index in [9.17, 15) is 14.7 Å². The first-order valence-electron chi connectivity index (χ1n) is 15.3. The second-order valence-corrected chi connectivity index (χ2v) is 11.3. The first kappa shape index (κ1) is 30.6. The van der Waals surface area contributed by atoms with Gasteiger partial charge in [0.2, 0.25) is 0 Å². The van der Waals surface area contributed by atoms with Crippen LogP contribution in [0.5, 0.6) is 17.2 Å². The highest BCUT2D eigenvalue weighted by Crippen LogP contribution is 2.40. The van der Waals surface area contributed by atoms with Crippen LogP contribution in [0, 0.1) is 0 Å². The van der Waals surface area contributed by atoms with Crippen molar-refractivity contribution in [2.45, 2.75) is 25.0 Å². The van der Waals surface area contributed by atoms with Crippen LogP contribution in [-0.4, -0.2) is 47.7 Å². The number of rotatable bonds is 12. The largest absolute Gasteiger partial charge is 0.488 e. The number of hydrogen-bond acceptors (Lipinski definition) is 5. The molecular weight excluding hydrogens is 578 g/mol. The molecule has 0 saturated carbocycles. The van der Waals surface area contributed by atoms with E-state index in [1.807, 2.05) is 61.5 Å². The van der Waals surface area contributed by atoms with Gasteiger partial charge in [-0.15, -0.1) is 0 Å². The second kappa shape index (κ2) is 13.7. The number of nitrogens with zero attached hydrogens (tertiary/aromatic N) is 1. The summed E-state index contributed by atoms with van der Waals surface area (Å²) in [6.07, 6.45) is 0.565. The van der Waals surface area contributed by atoms with E-state index in [1.165, 1.54) is 12.1 Å². The summed E-state index contributed by atoms with van der Waals surface area (Å²) in [5, 5.41) is 9.82. The molecule has 5 aromatic rings. The molecule has 0 aliphatic carbocycles. The summed E-state index contributed by atoms with van der Waals surface area (Å²) < 4.78 is 19.2. The molecule has 0 unspecified atom stereocenters. The Kier molecular flexibility index (Phi) is 9.13. The molecule has 5 aromatic carbocycles. The summed E-state index contributed by atoms with van der Waals surface area (Å²) in [6.45, 7) is 3.63. The maximum atomic E-state index is 12.5. The summed E-state index contributed by atoms with van der Waals surface area (Å²) in [5.74, 6) is 0.0000719. The van der Waals surface area contributed by atoms with Gasteiger partial charge in [-0.05, 0) is 66.4 Å². The van der Waals surface area contributed by atoms with Crippen molar-refractivity contribution in [3.63, 3.8) is 0 Å². The van der Waals surface area contributed by atoms with Crippen LogP contribution in [0.15, 0.2) is 133 Å². The molecule has 1 aliphatic heterocycles. The third-order valence-corrected chi connectivity index (χ3v) is 8.02. The Morgan fingerprint density at radius 3 is 1.70 bits per heavy atom. The van der Waals surface area contributed by atoms with Crippen molar-refractivity contribution in [2.24, 2.45) is 0 Å². The average Bonchev–Trinajstić information content (AvgIpc) is 3.06. The third-order valence-electron chi connectivity index (χ3n) is 8.02. The second-order valence-electron chi connectivity index (χ2n) is 11.3. The molecule has 0 spiro atoms. The Morgan fingerprint density at radius 1 is 0.696 bits per heavy atom. The molecule has 6 rings (SSSR count). The SMILES string of the molecule is C[C@@H](COC(c1ccccc1)(c1ccccc1)c1ccccc1)Oc1cc(Oc2ccc(C(=O)N3CCC3)cc2)cc(C(=O)O)c1. The number of amides is 1. The quantitative estimate of drug-likeness (QED) is 0.145. The lowest BCUT2D eigenvalue weighted by atomic mass is 9.80. The van der Waals surface area contributed by atoms with Crippen molar-refractivity contribution in [1.82, 2.24) is 4.90 Å². The van der Waals surface area contributed by atoms with Crippen molar-refractivity contribution in [2.75, 3.05) is 19.7 Å². The number of aromatic carboxylic acids is 1. The van der Waals surface area contributed by atoms with Crippen LogP contribution in [0.25, 0.3) is 0 Å². The molecule has 232 valence electrons. The van der Waals surface area contributed by atoms with E-state index in [0.29, 0.717) is 22.8 Å². The lowest BCUT2D eigenvalue weighted by Crippen LogP contribution is -2.41. The molecule has 0 aromatic heterocycles. The number of carbonyl (C=O) groups is 2. The molecule has 0 bridgehead atoms. The molecule has 46 heavy (non-hydrogen) atoms. The maximum Gasteiger partial charge on any atom is 0.335 e. The summed E-state index contributed by atoms with van der Waals surface area (Å²) in [4.78, 5) is 26.3. The molecule has 1 saturated heterocycles. The van der Waals surface area contributed by atoms with Crippen molar-refractivity contribution in [3.8, 4) is 17.2 Å². The van der Waals surface area contributed by atoms with Gasteiger partial charge >= 0.3 is 5.97 Å². The minimum atomic E-state index is -1.11. The van der Waals surface area contributed by atoms with Gasteiger partial charge in [0, 0.05) is 24.7 Å². The normalized spacial score (nSPS) is 13.4. The van der Waals surface area contributed by atoms with Gasteiger partial charge in [0.1, 0.15) is 29.0 Å². The summed E-state index contributed by atoms with van der Waals surface area (Å²) >= 11 is 0. The number of benzene rings is 5. The fourth-order valence-corrected chi connectivity index (χ4v) is 5.60. The van der Waals surface area contributed by atoms with Gasteiger partial charge < -0.3 is 24.2 Å². The number of likely N-dealkylation sites (tertiary alicyclic amines) is 1. The van der Waals surface area contributed by atoms with Crippen LogP contribution in [0.2, 0.25) is 0 Å². The van der Waals surface area contributed by atoms with E-state index in [2.05, 4.69) is 36.4 Å². The van der Waals surface area contributed by atoms with Crippen molar-refractivity contribution >= 4 is 11.9 Å². The van der Waals surface area contributed by atoms with Crippen LogP contribution in [0.4, 0.5) is 0 Å². The van der Waals surface area contributed by atoms with Gasteiger partial charge in [-0.2, -0.15) is 0 Å². The minimum Gasteiger partial charge on any atom is -0.488 e. The Hall–Kier alpha value is -5.40. The molecule has 1 fully saturated rings. The summed E-state index contributed by atoms with van der Waals surface area (Å²) in [7, 11) is 0. The van der Waals surface area contributed by atoms with Crippen LogP contribution < -0.4 is 9.47 Å².